The molecule has 0 radical (unpaired) electrons. The van der Waals surface area contributed by atoms with Crippen LogP contribution in [0.1, 0.15) is 30.9 Å². The highest BCUT2D eigenvalue weighted by Gasteiger charge is 2.15. The monoisotopic (exact) mass is 160 g/mol. The van der Waals surface area contributed by atoms with Gasteiger partial charge >= 0.3 is 0 Å². The van der Waals surface area contributed by atoms with Crippen molar-refractivity contribution in [3.05, 3.63) is 35.4 Å². The van der Waals surface area contributed by atoms with Crippen molar-refractivity contribution in [2.45, 2.75) is 32.6 Å². The molecular weight excluding hydrogens is 144 g/mol. The fourth-order valence-electron chi connectivity index (χ4n) is 2.12. The molecule has 0 N–H and O–H groups in total. The Bertz CT molecular complexity index is 262. The van der Waals surface area contributed by atoms with Crippen LogP contribution in [0.2, 0.25) is 0 Å². The molecule has 1 aromatic rings. The molecule has 0 saturated heterocycles. The van der Waals surface area contributed by atoms with Crippen LogP contribution in [0.3, 0.4) is 0 Å². The van der Waals surface area contributed by atoms with Gasteiger partial charge in [0.1, 0.15) is 0 Å². The molecule has 0 fully saturated rings. The summed E-state index contributed by atoms with van der Waals surface area (Å²) in [5.41, 5.74) is 3.18. The second kappa shape index (κ2) is 3.30. The molecule has 0 saturated carbocycles. The summed E-state index contributed by atoms with van der Waals surface area (Å²) in [5.74, 6) is 0.944. The summed E-state index contributed by atoms with van der Waals surface area (Å²) >= 11 is 0. The van der Waals surface area contributed by atoms with Gasteiger partial charge in [-0.1, -0.05) is 37.6 Å². The molecule has 1 aromatic carbocycles. The SMILES string of the molecule is CC[C@@H]1CCc2ccccc2C1. The number of aryl methyl sites for hydroxylation is 1. The van der Waals surface area contributed by atoms with Gasteiger partial charge in [-0.25, -0.2) is 0 Å². The number of rotatable bonds is 1. The average molecular weight is 160 g/mol. The van der Waals surface area contributed by atoms with E-state index in [4.69, 9.17) is 0 Å². The zero-order valence-corrected chi connectivity index (χ0v) is 7.72. The van der Waals surface area contributed by atoms with Gasteiger partial charge in [-0.3, -0.25) is 0 Å². The van der Waals surface area contributed by atoms with Crippen molar-refractivity contribution in [3.8, 4) is 0 Å². The predicted molar refractivity (Wildman–Crippen MR) is 52.2 cm³/mol. The quantitative estimate of drug-likeness (QED) is 0.592. The second-order valence-corrected chi connectivity index (χ2v) is 3.79. The number of hydrogen-bond donors (Lipinski definition) is 0. The molecule has 1 aliphatic carbocycles. The molecule has 0 unspecified atom stereocenters. The Morgan fingerprint density at radius 1 is 1.25 bits per heavy atom. The van der Waals surface area contributed by atoms with Crippen LogP contribution < -0.4 is 0 Å². The minimum absolute atomic E-state index is 0.944. The van der Waals surface area contributed by atoms with Crippen LogP contribution in [0, 0.1) is 5.92 Å². The molecule has 0 heterocycles. The fraction of sp³-hybridized carbons (Fsp3) is 0.500. The Morgan fingerprint density at radius 3 is 2.75 bits per heavy atom. The molecular formula is C12H16. The maximum Gasteiger partial charge on any atom is -0.0248 e. The summed E-state index contributed by atoms with van der Waals surface area (Å²) in [6.45, 7) is 2.30. The van der Waals surface area contributed by atoms with E-state index in [1.54, 1.807) is 11.1 Å². The Balaban J connectivity index is 2.23. The van der Waals surface area contributed by atoms with Crippen LogP contribution in [-0.2, 0) is 12.8 Å². The lowest BCUT2D eigenvalue weighted by atomic mass is 9.83. The minimum Gasteiger partial charge on any atom is -0.0651 e. The molecule has 0 heteroatoms. The van der Waals surface area contributed by atoms with Gasteiger partial charge in [0.15, 0.2) is 0 Å². The standard InChI is InChI=1S/C12H16/c1-2-10-7-8-11-5-3-4-6-12(11)9-10/h3-6,10H,2,7-9H2,1H3/t10-/m1/s1. The average Bonchev–Trinajstić information content (AvgIpc) is 2.17. The van der Waals surface area contributed by atoms with E-state index in [0.717, 1.165) is 5.92 Å². The topological polar surface area (TPSA) is 0 Å². The zero-order chi connectivity index (χ0) is 8.39. The van der Waals surface area contributed by atoms with E-state index in [-0.39, 0.29) is 0 Å². The first-order valence-electron chi connectivity index (χ1n) is 4.97. The lowest BCUT2D eigenvalue weighted by Crippen LogP contribution is -2.12. The van der Waals surface area contributed by atoms with Crippen molar-refractivity contribution in [1.29, 1.82) is 0 Å². The third-order valence-corrected chi connectivity index (χ3v) is 3.03. The van der Waals surface area contributed by atoms with Crippen molar-refractivity contribution in [1.82, 2.24) is 0 Å². The normalized spacial score (nSPS) is 21.9. The molecule has 0 aromatic heterocycles. The summed E-state index contributed by atoms with van der Waals surface area (Å²) in [6, 6.07) is 8.89. The van der Waals surface area contributed by atoms with Crippen LogP contribution in [0.4, 0.5) is 0 Å². The maximum atomic E-state index is 2.30. The fourth-order valence-corrected chi connectivity index (χ4v) is 2.12. The van der Waals surface area contributed by atoms with E-state index in [2.05, 4.69) is 31.2 Å². The molecule has 0 spiro atoms. The third-order valence-electron chi connectivity index (χ3n) is 3.03. The molecule has 0 amide bonds. The van der Waals surface area contributed by atoms with Crippen molar-refractivity contribution in [3.63, 3.8) is 0 Å². The summed E-state index contributed by atoms with van der Waals surface area (Å²) in [5, 5.41) is 0. The Labute approximate surface area is 74.6 Å². The Kier molecular flexibility index (Phi) is 2.16. The van der Waals surface area contributed by atoms with E-state index in [1.807, 2.05) is 0 Å². The molecule has 0 nitrogen and oxygen atoms in total. The van der Waals surface area contributed by atoms with E-state index in [9.17, 15) is 0 Å². The molecule has 12 heavy (non-hydrogen) atoms. The van der Waals surface area contributed by atoms with Crippen LogP contribution >= 0.6 is 0 Å². The lowest BCUT2D eigenvalue weighted by Gasteiger charge is -2.23. The minimum atomic E-state index is 0.944. The number of fused-ring (bicyclic) bond motifs is 1. The van der Waals surface area contributed by atoms with Gasteiger partial charge in [0.2, 0.25) is 0 Å². The highest BCUT2D eigenvalue weighted by atomic mass is 14.2. The van der Waals surface area contributed by atoms with Crippen molar-refractivity contribution < 1.29 is 0 Å². The summed E-state index contributed by atoms with van der Waals surface area (Å²) in [6.07, 6.45) is 5.35. The lowest BCUT2D eigenvalue weighted by molar-refractivity contribution is 0.445. The van der Waals surface area contributed by atoms with E-state index >= 15 is 0 Å². The molecule has 1 atom stereocenters. The van der Waals surface area contributed by atoms with Crippen molar-refractivity contribution >= 4 is 0 Å². The Hall–Kier alpha value is -0.780. The van der Waals surface area contributed by atoms with Gasteiger partial charge in [0, 0.05) is 0 Å². The maximum absolute atomic E-state index is 2.30. The number of hydrogen-bond acceptors (Lipinski definition) is 0. The summed E-state index contributed by atoms with van der Waals surface area (Å²) in [7, 11) is 0. The smallest absolute Gasteiger partial charge is 0.0248 e. The third kappa shape index (κ3) is 1.38. The van der Waals surface area contributed by atoms with Crippen LogP contribution in [-0.4, -0.2) is 0 Å². The highest BCUT2D eigenvalue weighted by Crippen LogP contribution is 2.26. The molecule has 1 aliphatic rings. The summed E-state index contributed by atoms with van der Waals surface area (Å²) < 4.78 is 0. The Morgan fingerprint density at radius 2 is 2.00 bits per heavy atom. The largest absolute Gasteiger partial charge is 0.0651 e. The number of benzene rings is 1. The zero-order valence-electron chi connectivity index (χ0n) is 7.72. The van der Waals surface area contributed by atoms with Gasteiger partial charge in [0.05, 0.1) is 0 Å². The van der Waals surface area contributed by atoms with Gasteiger partial charge < -0.3 is 0 Å². The first-order chi connectivity index (χ1) is 5.90. The van der Waals surface area contributed by atoms with Gasteiger partial charge in [-0.2, -0.15) is 0 Å². The first kappa shape index (κ1) is 7.85. The second-order valence-electron chi connectivity index (χ2n) is 3.79. The van der Waals surface area contributed by atoms with Crippen LogP contribution in [0.25, 0.3) is 0 Å². The molecule has 64 valence electrons. The van der Waals surface area contributed by atoms with Gasteiger partial charge in [-0.05, 0) is 36.3 Å². The van der Waals surface area contributed by atoms with Gasteiger partial charge in [0.25, 0.3) is 0 Å². The first-order valence-corrected chi connectivity index (χ1v) is 4.97. The van der Waals surface area contributed by atoms with Crippen molar-refractivity contribution in [2.24, 2.45) is 5.92 Å². The predicted octanol–water partition coefficient (Wildman–Crippen LogP) is 3.20. The van der Waals surface area contributed by atoms with E-state index < -0.39 is 0 Å². The summed E-state index contributed by atoms with van der Waals surface area (Å²) in [4.78, 5) is 0. The van der Waals surface area contributed by atoms with E-state index in [0.29, 0.717) is 0 Å². The van der Waals surface area contributed by atoms with E-state index in [1.165, 1.54) is 25.7 Å². The molecule has 2 rings (SSSR count). The highest BCUT2D eigenvalue weighted by molar-refractivity contribution is 5.29. The molecule has 0 bridgehead atoms. The van der Waals surface area contributed by atoms with Crippen LogP contribution in [0.5, 0.6) is 0 Å². The van der Waals surface area contributed by atoms with Crippen LogP contribution in [0.15, 0.2) is 24.3 Å². The van der Waals surface area contributed by atoms with Crippen molar-refractivity contribution in [2.75, 3.05) is 0 Å². The molecule has 0 aliphatic heterocycles. The van der Waals surface area contributed by atoms with Gasteiger partial charge in [-0.15, -0.1) is 0 Å².